The molecule has 6 nitrogen and oxygen atoms in total. The Morgan fingerprint density at radius 1 is 1.18 bits per heavy atom. The maximum atomic E-state index is 13.0. The second kappa shape index (κ2) is 7.52. The van der Waals surface area contributed by atoms with Gasteiger partial charge in [0.25, 0.3) is 5.56 Å². The Bertz CT molecular complexity index is 1200. The van der Waals surface area contributed by atoms with Crippen molar-refractivity contribution in [2.75, 3.05) is 5.32 Å². The molecule has 1 unspecified atom stereocenters. The summed E-state index contributed by atoms with van der Waals surface area (Å²) in [6.07, 6.45) is 0.420. The highest BCUT2D eigenvalue weighted by Gasteiger charge is 2.16. The Labute approximate surface area is 174 Å². The highest BCUT2D eigenvalue weighted by atomic mass is 35.5. The van der Waals surface area contributed by atoms with Crippen molar-refractivity contribution in [3.8, 4) is 5.69 Å². The standard InChI is InChI=1S/C19H14Cl2N4O2S/c1-10-3-2-4-13(21)14(10)25-9-22-16-15(18(25)27)28-19(23-16)24-17(26)11-5-7-12(20)8-6-11/h2-9,17,26H,1H3,(H,23,24). The van der Waals surface area contributed by atoms with E-state index in [1.807, 2.05) is 19.1 Å². The van der Waals surface area contributed by atoms with Crippen molar-refractivity contribution in [2.24, 2.45) is 0 Å². The predicted molar refractivity (Wildman–Crippen MR) is 113 cm³/mol. The van der Waals surface area contributed by atoms with Gasteiger partial charge in [-0.3, -0.25) is 9.36 Å². The number of aliphatic hydroxyl groups excluding tert-OH is 1. The van der Waals surface area contributed by atoms with Gasteiger partial charge in [0.15, 0.2) is 17.0 Å². The minimum absolute atomic E-state index is 0.271. The fourth-order valence-electron chi connectivity index (χ4n) is 2.81. The zero-order valence-corrected chi connectivity index (χ0v) is 16.9. The van der Waals surface area contributed by atoms with Crippen molar-refractivity contribution in [2.45, 2.75) is 13.2 Å². The van der Waals surface area contributed by atoms with Crippen LogP contribution in [-0.2, 0) is 0 Å². The van der Waals surface area contributed by atoms with Gasteiger partial charge < -0.3 is 10.4 Å². The van der Waals surface area contributed by atoms with Crippen LogP contribution in [0.15, 0.2) is 53.6 Å². The molecule has 0 saturated heterocycles. The molecule has 142 valence electrons. The average Bonchev–Trinajstić information content (AvgIpc) is 3.07. The van der Waals surface area contributed by atoms with Gasteiger partial charge in [-0.25, -0.2) is 4.98 Å². The molecular weight excluding hydrogens is 419 g/mol. The molecule has 1 atom stereocenters. The highest BCUT2D eigenvalue weighted by Crippen LogP contribution is 2.27. The fraction of sp³-hybridized carbons (Fsp3) is 0.105. The van der Waals surface area contributed by atoms with E-state index in [0.29, 0.717) is 36.8 Å². The zero-order valence-electron chi connectivity index (χ0n) is 14.6. The number of aromatic nitrogens is 3. The minimum atomic E-state index is -0.995. The summed E-state index contributed by atoms with van der Waals surface area (Å²) >= 11 is 13.3. The summed E-state index contributed by atoms with van der Waals surface area (Å²) in [7, 11) is 0. The first-order chi connectivity index (χ1) is 13.4. The van der Waals surface area contributed by atoms with Crippen molar-refractivity contribution < 1.29 is 5.11 Å². The topological polar surface area (TPSA) is 80.0 Å². The number of rotatable bonds is 4. The lowest BCUT2D eigenvalue weighted by Crippen LogP contribution is -2.19. The Morgan fingerprint density at radius 2 is 1.93 bits per heavy atom. The second-order valence-corrected chi connectivity index (χ2v) is 7.94. The SMILES string of the molecule is Cc1cccc(Cl)c1-n1cnc2nc(NC(O)c3ccc(Cl)cc3)sc2c1=O. The van der Waals surface area contributed by atoms with E-state index in [9.17, 15) is 9.90 Å². The number of anilines is 1. The third-order valence-electron chi connectivity index (χ3n) is 4.19. The molecule has 2 heterocycles. The number of benzene rings is 2. The normalized spacial score (nSPS) is 12.3. The van der Waals surface area contributed by atoms with Crippen LogP contribution in [0.25, 0.3) is 16.0 Å². The van der Waals surface area contributed by atoms with Crippen LogP contribution < -0.4 is 10.9 Å². The van der Waals surface area contributed by atoms with E-state index in [1.54, 1.807) is 30.3 Å². The summed E-state index contributed by atoms with van der Waals surface area (Å²) in [6, 6.07) is 12.2. The first-order valence-electron chi connectivity index (χ1n) is 8.28. The molecule has 0 radical (unpaired) electrons. The lowest BCUT2D eigenvalue weighted by molar-refractivity contribution is 0.208. The van der Waals surface area contributed by atoms with Gasteiger partial charge in [0.2, 0.25) is 0 Å². The van der Waals surface area contributed by atoms with Crippen LogP contribution in [0, 0.1) is 6.92 Å². The number of para-hydroxylation sites is 1. The fourth-order valence-corrected chi connectivity index (χ4v) is 4.12. The van der Waals surface area contributed by atoms with Crippen LogP contribution in [0.3, 0.4) is 0 Å². The number of nitrogens with zero attached hydrogens (tertiary/aromatic N) is 3. The van der Waals surface area contributed by atoms with Crippen molar-refractivity contribution in [1.82, 2.24) is 14.5 Å². The Balaban J connectivity index is 1.71. The minimum Gasteiger partial charge on any atom is -0.369 e. The van der Waals surface area contributed by atoms with Crippen LogP contribution in [0.2, 0.25) is 10.0 Å². The maximum absolute atomic E-state index is 13.0. The van der Waals surface area contributed by atoms with Crippen LogP contribution in [0.4, 0.5) is 5.13 Å². The van der Waals surface area contributed by atoms with Gasteiger partial charge in [-0.15, -0.1) is 0 Å². The molecule has 0 saturated carbocycles. The molecule has 0 spiro atoms. The van der Waals surface area contributed by atoms with Crippen LogP contribution in [0.1, 0.15) is 17.4 Å². The highest BCUT2D eigenvalue weighted by molar-refractivity contribution is 7.22. The van der Waals surface area contributed by atoms with Gasteiger partial charge in [0.1, 0.15) is 11.0 Å². The maximum Gasteiger partial charge on any atom is 0.277 e. The van der Waals surface area contributed by atoms with Crippen molar-refractivity contribution in [3.05, 3.63) is 80.3 Å². The lowest BCUT2D eigenvalue weighted by atomic mass is 10.2. The Hall–Kier alpha value is -2.45. The molecule has 2 N–H and O–H groups in total. The molecule has 0 aliphatic rings. The summed E-state index contributed by atoms with van der Waals surface area (Å²) in [5, 5.41) is 14.7. The van der Waals surface area contributed by atoms with Crippen molar-refractivity contribution >= 4 is 50.0 Å². The third-order valence-corrected chi connectivity index (χ3v) is 5.71. The summed E-state index contributed by atoms with van der Waals surface area (Å²) < 4.78 is 1.78. The number of thiazole rings is 1. The molecule has 0 bridgehead atoms. The van der Waals surface area contributed by atoms with E-state index in [1.165, 1.54) is 10.9 Å². The number of hydrogen-bond acceptors (Lipinski definition) is 6. The largest absolute Gasteiger partial charge is 0.369 e. The second-order valence-electron chi connectivity index (χ2n) is 6.10. The predicted octanol–water partition coefficient (Wildman–Crippen LogP) is 4.56. The summed E-state index contributed by atoms with van der Waals surface area (Å²) in [4.78, 5) is 21.5. The molecular formula is C19H14Cl2N4O2S. The van der Waals surface area contributed by atoms with E-state index in [2.05, 4.69) is 15.3 Å². The van der Waals surface area contributed by atoms with Gasteiger partial charge in [-0.05, 0) is 30.7 Å². The number of hydrogen-bond donors (Lipinski definition) is 2. The van der Waals surface area contributed by atoms with Crippen molar-refractivity contribution in [3.63, 3.8) is 0 Å². The molecule has 9 heteroatoms. The van der Waals surface area contributed by atoms with Crippen molar-refractivity contribution in [1.29, 1.82) is 0 Å². The van der Waals surface area contributed by atoms with Crippen LogP contribution >= 0.6 is 34.5 Å². The average molecular weight is 433 g/mol. The third kappa shape index (κ3) is 3.49. The molecule has 0 aliphatic heterocycles. The Morgan fingerprint density at radius 3 is 2.64 bits per heavy atom. The molecule has 0 fully saturated rings. The summed E-state index contributed by atoms with van der Waals surface area (Å²) in [5.41, 5.74) is 2.11. The van der Waals surface area contributed by atoms with E-state index < -0.39 is 6.23 Å². The molecule has 0 amide bonds. The number of aryl methyl sites for hydroxylation is 1. The zero-order chi connectivity index (χ0) is 19.8. The summed E-state index contributed by atoms with van der Waals surface area (Å²) in [6.45, 7) is 1.87. The van der Waals surface area contributed by atoms with Gasteiger partial charge in [0, 0.05) is 10.6 Å². The quantitative estimate of drug-likeness (QED) is 0.462. The van der Waals surface area contributed by atoms with E-state index >= 15 is 0 Å². The van der Waals surface area contributed by atoms with Gasteiger partial charge in [0.05, 0.1) is 10.7 Å². The van der Waals surface area contributed by atoms with Crippen LogP contribution in [-0.4, -0.2) is 19.6 Å². The molecule has 2 aromatic carbocycles. The monoisotopic (exact) mass is 432 g/mol. The van der Waals surface area contributed by atoms with E-state index in [-0.39, 0.29) is 5.56 Å². The number of nitrogens with one attached hydrogen (secondary N) is 1. The molecule has 2 aromatic heterocycles. The van der Waals surface area contributed by atoms with Gasteiger partial charge >= 0.3 is 0 Å². The summed E-state index contributed by atoms with van der Waals surface area (Å²) in [5.74, 6) is 0. The van der Waals surface area contributed by atoms with Gasteiger partial charge in [-0.1, -0.05) is 58.8 Å². The number of halogens is 2. The number of aliphatic hydroxyl groups is 1. The molecule has 0 aliphatic carbocycles. The molecule has 28 heavy (non-hydrogen) atoms. The van der Waals surface area contributed by atoms with Gasteiger partial charge in [-0.2, -0.15) is 4.98 Å². The van der Waals surface area contributed by atoms with Crippen LogP contribution in [0.5, 0.6) is 0 Å². The van der Waals surface area contributed by atoms with E-state index in [0.717, 1.165) is 16.9 Å². The first-order valence-corrected chi connectivity index (χ1v) is 9.85. The molecule has 4 rings (SSSR count). The first kappa shape index (κ1) is 18.9. The Kier molecular flexibility index (Phi) is 5.07. The number of fused-ring (bicyclic) bond motifs is 1. The lowest BCUT2D eigenvalue weighted by Gasteiger charge is -2.11. The smallest absolute Gasteiger partial charge is 0.277 e. The van der Waals surface area contributed by atoms with E-state index in [4.69, 9.17) is 23.2 Å². The molecule has 4 aromatic rings.